The van der Waals surface area contributed by atoms with Crippen LogP contribution in [0.3, 0.4) is 0 Å². The van der Waals surface area contributed by atoms with Gasteiger partial charge in [-0.15, -0.1) is 0 Å². The molecule has 0 aliphatic heterocycles. The number of hydrogen-bond donors (Lipinski definition) is 3. The van der Waals surface area contributed by atoms with Crippen molar-refractivity contribution in [1.82, 2.24) is 5.32 Å². The molecule has 0 spiro atoms. The van der Waals surface area contributed by atoms with Gasteiger partial charge in [-0.1, -0.05) is 11.2 Å². The summed E-state index contributed by atoms with van der Waals surface area (Å²) in [6, 6.07) is 2.34. The van der Waals surface area contributed by atoms with Gasteiger partial charge in [0.25, 0.3) is 5.91 Å². The number of nitrogens with two attached hydrogens (primary N) is 1. The lowest BCUT2D eigenvalue weighted by Crippen LogP contribution is -2.27. The van der Waals surface area contributed by atoms with Gasteiger partial charge in [0.05, 0.1) is 0 Å². The Morgan fingerprint density at radius 3 is 2.75 bits per heavy atom. The fraction of sp³-hybridized carbons (Fsp3) is 0.385. The van der Waals surface area contributed by atoms with E-state index in [9.17, 15) is 13.6 Å². The zero-order chi connectivity index (χ0) is 15.1. The third kappa shape index (κ3) is 4.18. The van der Waals surface area contributed by atoms with Crippen LogP contribution in [0.1, 0.15) is 35.2 Å². The van der Waals surface area contributed by atoms with Crippen molar-refractivity contribution < 1.29 is 18.8 Å². The van der Waals surface area contributed by atoms with E-state index >= 15 is 0 Å². The first-order chi connectivity index (χ1) is 9.47. The number of oxime groups is 1. The number of carbonyl (C=O) groups excluding carboxylic acids is 1. The number of aryl methyl sites for hydroxylation is 1. The molecule has 0 aliphatic carbocycles. The van der Waals surface area contributed by atoms with E-state index in [4.69, 9.17) is 10.9 Å². The fourth-order valence-corrected chi connectivity index (χ4v) is 1.64. The molecular weight excluding hydrogens is 268 g/mol. The second-order valence-corrected chi connectivity index (χ2v) is 4.36. The summed E-state index contributed by atoms with van der Waals surface area (Å²) in [5.74, 6) is -2.42. The van der Waals surface area contributed by atoms with Crippen LogP contribution in [-0.2, 0) is 0 Å². The minimum Gasteiger partial charge on any atom is -0.409 e. The number of benzene rings is 1. The van der Waals surface area contributed by atoms with Crippen LogP contribution in [-0.4, -0.2) is 23.5 Å². The van der Waals surface area contributed by atoms with E-state index in [1.807, 2.05) is 0 Å². The highest BCUT2D eigenvalue weighted by Crippen LogP contribution is 2.16. The molecule has 0 saturated heterocycles. The largest absolute Gasteiger partial charge is 0.409 e. The Bertz CT molecular complexity index is 519. The molecule has 1 amide bonds. The molecule has 1 aromatic carbocycles. The standard InChI is InChI=1S/C13H17F2N3O2/c1-8-5-6-9(14)11(12(8)15)13(19)17-7-3-2-4-10(16)18-20/h5-6,20H,2-4,7H2,1H3,(H2,16,18)(H,17,19). The normalized spacial score (nSPS) is 11.4. The van der Waals surface area contributed by atoms with Crippen molar-refractivity contribution >= 4 is 11.7 Å². The molecular formula is C13H17F2N3O2. The van der Waals surface area contributed by atoms with Crippen molar-refractivity contribution in [3.8, 4) is 0 Å². The summed E-state index contributed by atoms with van der Waals surface area (Å²) in [7, 11) is 0. The quantitative estimate of drug-likeness (QED) is 0.245. The maximum Gasteiger partial charge on any atom is 0.257 e. The zero-order valence-corrected chi connectivity index (χ0v) is 11.1. The van der Waals surface area contributed by atoms with E-state index in [1.54, 1.807) is 0 Å². The van der Waals surface area contributed by atoms with Gasteiger partial charge in [0.1, 0.15) is 23.0 Å². The molecule has 0 unspecified atom stereocenters. The average molecular weight is 285 g/mol. The minimum absolute atomic E-state index is 0.104. The Hall–Kier alpha value is -2.18. The minimum atomic E-state index is -0.887. The van der Waals surface area contributed by atoms with Gasteiger partial charge in [0, 0.05) is 13.0 Å². The lowest BCUT2D eigenvalue weighted by Gasteiger charge is -2.08. The molecule has 1 aromatic rings. The Balaban J connectivity index is 2.50. The van der Waals surface area contributed by atoms with E-state index in [0.29, 0.717) is 19.3 Å². The third-order valence-corrected chi connectivity index (χ3v) is 2.78. The Labute approximate surface area is 115 Å². The third-order valence-electron chi connectivity index (χ3n) is 2.78. The first kappa shape index (κ1) is 15.9. The maximum absolute atomic E-state index is 13.7. The summed E-state index contributed by atoms with van der Waals surface area (Å²) >= 11 is 0. The van der Waals surface area contributed by atoms with Crippen LogP contribution in [0.5, 0.6) is 0 Å². The summed E-state index contributed by atoms with van der Waals surface area (Å²) < 4.78 is 27.1. The van der Waals surface area contributed by atoms with Crippen molar-refractivity contribution in [2.45, 2.75) is 26.2 Å². The Kier molecular flexibility index (Phi) is 5.89. The number of unbranched alkanes of at least 4 members (excludes halogenated alkanes) is 1. The fourth-order valence-electron chi connectivity index (χ4n) is 1.64. The lowest BCUT2D eigenvalue weighted by atomic mass is 10.1. The highest BCUT2D eigenvalue weighted by molar-refractivity contribution is 5.94. The Morgan fingerprint density at radius 2 is 2.10 bits per heavy atom. The van der Waals surface area contributed by atoms with Gasteiger partial charge >= 0.3 is 0 Å². The number of nitrogens with zero attached hydrogens (tertiary/aromatic N) is 1. The molecule has 0 aliphatic rings. The number of hydrogen-bond acceptors (Lipinski definition) is 3. The van der Waals surface area contributed by atoms with E-state index in [-0.39, 0.29) is 17.9 Å². The molecule has 0 atom stereocenters. The number of amides is 1. The van der Waals surface area contributed by atoms with E-state index in [0.717, 1.165) is 6.07 Å². The van der Waals surface area contributed by atoms with Crippen molar-refractivity contribution in [3.63, 3.8) is 0 Å². The SMILES string of the molecule is Cc1ccc(F)c(C(=O)NCCCC/C(N)=N/O)c1F. The van der Waals surface area contributed by atoms with Gasteiger partial charge in [0.15, 0.2) is 0 Å². The first-order valence-electron chi connectivity index (χ1n) is 6.16. The molecule has 0 saturated carbocycles. The van der Waals surface area contributed by atoms with Gasteiger partial charge in [-0.3, -0.25) is 4.79 Å². The number of nitrogens with one attached hydrogen (secondary N) is 1. The van der Waals surface area contributed by atoms with E-state index < -0.39 is 23.1 Å². The van der Waals surface area contributed by atoms with Gasteiger partial charge in [-0.25, -0.2) is 8.78 Å². The van der Waals surface area contributed by atoms with Crippen LogP contribution in [0, 0.1) is 18.6 Å². The van der Waals surface area contributed by atoms with E-state index in [2.05, 4.69) is 10.5 Å². The van der Waals surface area contributed by atoms with Crippen LogP contribution in [0.4, 0.5) is 8.78 Å². The monoisotopic (exact) mass is 285 g/mol. The number of amidine groups is 1. The molecule has 110 valence electrons. The van der Waals surface area contributed by atoms with Crippen LogP contribution < -0.4 is 11.1 Å². The highest BCUT2D eigenvalue weighted by atomic mass is 19.1. The molecule has 1 rings (SSSR count). The molecule has 0 fully saturated rings. The van der Waals surface area contributed by atoms with Crippen molar-refractivity contribution in [2.75, 3.05) is 6.54 Å². The van der Waals surface area contributed by atoms with Crippen molar-refractivity contribution in [1.29, 1.82) is 0 Å². The molecule has 7 heteroatoms. The summed E-state index contributed by atoms with van der Waals surface area (Å²) in [5.41, 5.74) is 4.92. The Morgan fingerprint density at radius 1 is 1.40 bits per heavy atom. The number of halogens is 2. The summed E-state index contributed by atoms with van der Waals surface area (Å²) in [5, 5.41) is 13.6. The van der Waals surface area contributed by atoms with Gasteiger partial charge in [0.2, 0.25) is 0 Å². The second kappa shape index (κ2) is 7.42. The van der Waals surface area contributed by atoms with Crippen LogP contribution in [0.25, 0.3) is 0 Å². The molecule has 5 nitrogen and oxygen atoms in total. The topological polar surface area (TPSA) is 87.7 Å². The maximum atomic E-state index is 13.7. The highest BCUT2D eigenvalue weighted by Gasteiger charge is 2.18. The van der Waals surface area contributed by atoms with Crippen LogP contribution in [0.2, 0.25) is 0 Å². The van der Waals surface area contributed by atoms with Crippen LogP contribution >= 0.6 is 0 Å². The van der Waals surface area contributed by atoms with E-state index in [1.165, 1.54) is 13.0 Å². The molecule has 0 heterocycles. The first-order valence-corrected chi connectivity index (χ1v) is 6.16. The molecule has 0 aromatic heterocycles. The second-order valence-electron chi connectivity index (χ2n) is 4.36. The van der Waals surface area contributed by atoms with Gasteiger partial charge in [-0.05, 0) is 31.4 Å². The lowest BCUT2D eigenvalue weighted by molar-refractivity contribution is 0.0944. The summed E-state index contributed by atoms with van der Waals surface area (Å²) in [6.07, 6.45) is 1.53. The molecule has 4 N–H and O–H groups in total. The van der Waals surface area contributed by atoms with Crippen molar-refractivity contribution in [2.24, 2.45) is 10.9 Å². The predicted octanol–water partition coefficient (Wildman–Crippen LogP) is 1.92. The zero-order valence-electron chi connectivity index (χ0n) is 11.1. The summed E-state index contributed by atoms with van der Waals surface area (Å²) in [6.45, 7) is 1.72. The number of carbonyl (C=O) groups is 1. The van der Waals surface area contributed by atoms with Crippen molar-refractivity contribution in [3.05, 3.63) is 34.9 Å². The number of rotatable bonds is 6. The predicted molar refractivity (Wildman–Crippen MR) is 70.7 cm³/mol. The smallest absolute Gasteiger partial charge is 0.257 e. The molecule has 0 radical (unpaired) electrons. The van der Waals surface area contributed by atoms with Gasteiger partial charge < -0.3 is 16.3 Å². The van der Waals surface area contributed by atoms with Gasteiger partial charge in [-0.2, -0.15) is 0 Å². The van der Waals surface area contributed by atoms with Crippen LogP contribution in [0.15, 0.2) is 17.3 Å². The average Bonchev–Trinajstić information content (AvgIpc) is 2.42. The summed E-state index contributed by atoms with van der Waals surface area (Å²) in [4.78, 5) is 11.7. The molecule has 20 heavy (non-hydrogen) atoms. The molecule has 0 bridgehead atoms.